The molecule has 0 aromatic heterocycles. The van der Waals surface area contributed by atoms with E-state index in [9.17, 15) is 29.7 Å². The van der Waals surface area contributed by atoms with Crippen molar-refractivity contribution in [2.75, 3.05) is 13.7 Å². The summed E-state index contributed by atoms with van der Waals surface area (Å²) in [5, 5.41) is 35.1. The van der Waals surface area contributed by atoms with Gasteiger partial charge in [-0.25, -0.2) is 4.79 Å². The van der Waals surface area contributed by atoms with Crippen LogP contribution in [0.25, 0.3) is 11.1 Å². The Labute approximate surface area is 227 Å². The fourth-order valence-corrected chi connectivity index (χ4v) is 4.58. The third-order valence-corrected chi connectivity index (χ3v) is 6.59. The first kappa shape index (κ1) is 30.1. The van der Waals surface area contributed by atoms with Gasteiger partial charge in [0.15, 0.2) is 5.78 Å². The predicted octanol–water partition coefficient (Wildman–Crippen LogP) is 1.76. The highest BCUT2D eigenvalue weighted by Gasteiger charge is 2.56. The van der Waals surface area contributed by atoms with Crippen LogP contribution in [0.2, 0.25) is 0 Å². The first-order chi connectivity index (χ1) is 18.6. The van der Waals surface area contributed by atoms with E-state index < -0.39 is 54.5 Å². The van der Waals surface area contributed by atoms with Crippen LogP contribution >= 0.6 is 0 Å². The number of ether oxygens (including phenoxy) is 3. The molecule has 10 heteroatoms. The molecular formula is C29H35NO9. The molecule has 0 radical (unpaired) electrons. The Morgan fingerprint density at radius 1 is 1.13 bits per heavy atom. The number of hydrogen-bond acceptors (Lipinski definition) is 9. The van der Waals surface area contributed by atoms with Crippen LogP contribution < -0.4 is 5.32 Å². The van der Waals surface area contributed by atoms with E-state index in [-0.39, 0.29) is 25.2 Å². The van der Waals surface area contributed by atoms with Crippen LogP contribution in [-0.4, -0.2) is 82.9 Å². The normalized spacial score (nSPS) is 24.3. The maximum Gasteiger partial charge on any atom is 0.366 e. The molecule has 1 saturated heterocycles. The zero-order chi connectivity index (χ0) is 28.6. The maximum atomic E-state index is 12.8. The summed E-state index contributed by atoms with van der Waals surface area (Å²) in [6, 6.07) is 15.6. The molecule has 1 aliphatic rings. The van der Waals surface area contributed by atoms with Gasteiger partial charge < -0.3 is 34.8 Å². The Morgan fingerprint density at radius 3 is 2.36 bits per heavy atom. The molecule has 2 aromatic rings. The Kier molecular flexibility index (Phi) is 10.5. The molecule has 1 amide bonds. The number of benzene rings is 2. The van der Waals surface area contributed by atoms with Crippen LogP contribution in [0.5, 0.6) is 0 Å². The summed E-state index contributed by atoms with van der Waals surface area (Å²) >= 11 is 0. The van der Waals surface area contributed by atoms with Crippen molar-refractivity contribution in [1.82, 2.24) is 5.32 Å². The SMILES string of the molecule is C=CCO[C@]1(C(=O)OC)C[C@@H](O)[C@@H](NC(C)=O)C([C@H](O)[C@H](O)CCC(=O)c2ccc(-c3ccccc3)cc2)O1. The number of carbonyl (C=O) groups excluding carboxylic acids is 3. The van der Waals surface area contributed by atoms with Crippen molar-refractivity contribution in [3.8, 4) is 11.1 Å². The standard InChI is InChI=1S/C29H35NO9/c1-4-16-38-29(28(36)37-3)17-24(34)25(30-18(2)31)27(39-29)26(35)23(33)15-14-22(32)21-12-10-20(11-13-21)19-8-6-5-7-9-19/h4-13,23-27,33-35H,1,14-17H2,2-3H3,(H,30,31)/t23-,24-,25-,26-,27?,29-/m1/s1. The van der Waals surface area contributed by atoms with Crippen molar-refractivity contribution in [3.05, 3.63) is 72.8 Å². The number of hydrogen-bond donors (Lipinski definition) is 4. The first-order valence-corrected chi connectivity index (χ1v) is 12.6. The van der Waals surface area contributed by atoms with E-state index in [1.54, 1.807) is 12.1 Å². The molecule has 2 aromatic carbocycles. The lowest BCUT2D eigenvalue weighted by molar-refractivity contribution is -0.309. The van der Waals surface area contributed by atoms with Gasteiger partial charge in [-0.3, -0.25) is 9.59 Å². The molecule has 10 nitrogen and oxygen atoms in total. The number of aliphatic hydroxyl groups is 3. The van der Waals surface area contributed by atoms with Gasteiger partial charge in [0.2, 0.25) is 5.91 Å². The van der Waals surface area contributed by atoms with Gasteiger partial charge in [-0.15, -0.1) is 6.58 Å². The second-order valence-corrected chi connectivity index (χ2v) is 9.39. The number of nitrogens with one attached hydrogen (secondary N) is 1. The van der Waals surface area contributed by atoms with E-state index in [1.165, 1.54) is 13.0 Å². The lowest BCUT2D eigenvalue weighted by Gasteiger charge is -2.46. The first-order valence-electron chi connectivity index (χ1n) is 12.6. The van der Waals surface area contributed by atoms with Gasteiger partial charge >= 0.3 is 5.97 Å². The molecule has 4 N–H and O–H groups in total. The Hall–Kier alpha value is -3.41. The molecule has 0 spiro atoms. The highest BCUT2D eigenvalue weighted by Crippen LogP contribution is 2.34. The van der Waals surface area contributed by atoms with Crippen LogP contribution in [0.4, 0.5) is 0 Å². The topological polar surface area (TPSA) is 152 Å². The monoisotopic (exact) mass is 541 g/mol. The van der Waals surface area contributed by atoms with Crippen molar-refractivity contribution >= 4 is 17.7 Å². The van der Waals surface area contributed by atoms with Crippen molar-refractivity contribution in [2.24, 2.45) is 0 Å². The molecule has 0 bridgehead atoms. The van der Waals surface area contributed by atoms with Gasteiger partial charge in [-0.05, 0) is 17.5 Å². The van der Waals surface area contributed by atoms with Crippen LogP contribution in [0, 0.1) is 0 Å². The summed E-state index contributed by atoms with van der Waals surface area (Å²) in [5.74, 6) is -3.85. The number of methoxy groups -OCH3 is 1. The fraction of sp³-hybridized carbons (Fsp3) is 0.414. The highest BCUT2D eigenvalue weighted by atomic mass is 16.7. The van der Waals surface area contributed by atoms with Crippen molar-refractivity contribution in [2.45, 2.75) is 62.4 Å². The zero-order valence-electron chi connectivity index (χ0n) is 22.0. The van der Waals surface area contributed by atoms with E-state index in [0.717, 1.165) is 18.2 Å². The van der Waals surface area contributed by atoms with E-state index in [1.807, 2.05) is 42.5 Å². The second kappa shape index (κ2) is 13.6. The van der Waals surface area contributed by atoms with E-state index in [2.05, 4.69) is 11.9 Å². The smallest absolute Gasteiger partial charge is 0.366 e. The summed E-state index contributed by atoms with van der Waals surface area (Å²) in [7, 11) is 1.11. The minimum absolute atomic E-state index is 0.0991. The Morgan fingerprint density at radius 2 is 1.77 bits per heavy atom. The summed E-state index contributed by atoms with van der Waals surface area (Å²) in [6.45, 7) is 4.60. The number of Topliss-reactive ketones (excluding diaryl/α,β-unsaturated/α-hetero) is 1. The van der Waals surface area contributed by atoms with Gasteiger partial charge in [0.25, 0.3) is 5.79 Å². The van der Waals surface area contributed by atoms with E-state index in [4.69, 9.17) is 14.2 Å². The van der Waals surface area contributed by atoms with Gasteiger partial charge in [0.1, 0.15) is 12.2 Å². The average Bonchev–Trinajstić information content (AvgIpc) is 2.95. The summed E-state index contributed by atoms with van der Waals surface area (Å²) in [5.41, 5.74) is 2.41. The average molecular weight is 542 g/mol. The molecule has 39 heavy (non-hydrogen) atoms. The third kappa shape index (κ3) is 7.37. The molecular weight excluding hydrogens is 506 g/mol. The van der Waals surface area contributed by atoms with Crippen LogP contribution in [0.1, 0.15) is 36.5 Å². The highest BCUT2D eigenvalue weighted by molar-refractivity contribution is 5.96. The Bertz CT molecular complexity index is 1140. The largest absolute Gasteiger partial charge is 0.465 e. The number of carbonyl (C=O) groups is 3. The fourth-order valence-electron chi connectivity index (χ4n) is 4.58. The molecule has 1 fully saturated rings. The second-order valence-electron chi connectivity index (χ2n) is 9.39. The van der Waals surface area contributed by atoms with Crippen molar-refractivity contribution in [1.29, 1.82) is 0 Å². The van der Waals surface area contributed by atoms with Crippen LogP contribution in [0.3, 0.4) is 0 Å². The molecule has 0 aliphatic carbocycles. The summed E-state index contributed by atoms with van der Waals surface area (Å²) < 4.78 is 16.1. The molecule has 6 atom stereocenters. The molecule has 1 heterocycles. The summed E-state index contributed by atoms with van der Waals surface area (Å²) in [6.07, 6.45) is -5.38. The number of amides is 1. The number of rotatable bonds is 12. The lowest BCUT2D eigenvalue weighted by Crippen LogP contribution is -2.67. The molecule has 1 aliphatic heterocycles. The van der Waals surface area contributed by atoms with Gasteiger partial charge in [0.05, 0.1) is 32.0 Å². The lowest BCUT2D eigenvalue weighted by atomic mass is 9.87. The number of esters is 1. The Balaban J connectivity index is 1.73. The van der Waals surface area contributed by atoms with E-state index in [0.29, 0.717) is 5.56 Å². The zero-order valence-corrected chi connectivity index (χ0v) is 22.0. The van der Waals surface area contributed by atoms with Gasteiger partial charge in [-0.2, -0.15) is 0 Å². The minimum Gasteiger partial charge on any atom is -0.465 e. The molecule has 0 saturated carbocycles. The molecule has 3 rings (SSSR count). The maximum absolute atomic E-state index is 12.8. The number of aliphatic hydroxyl groups excluding tert-OH is 3. The summed E-state index contributed by atoms with van der Waals surface area (Å²) in [4.78, 5) is 37.2. The molecule has 210 valence electrons. The molecule has 1 unspecified atom stereocenters. The van der Waals surface area contributed by atoms with Crippen molar-refractivity contribution < 1.29 is 43.9 Å². The predicted molar refractivity (Wildman–Crippen MR) is 141 cm³/mol. The third-order valence-electron chi connectivity index (χ3n) is 6.59. The minimum atomic E-state index is -2.11. The van der Waals surface area contributed by atoms with Crippen LogP contribution in [0.15, 0.2) is 67.3 Å². The quantitative estimate of drug-likeness (QED) is 0.179. The number of ketones is 1. The van der Waals surface area contributed by atoms with Gasteiger partial charge in [0, 0.05) is 25.3 Å². The van der Waals surface area contributed by atoms with Crippen LogP contribution in [-0.2, 0) is 23.8 Å². The van der Waals surface area contributed by atoms with Gasteiger partial charge in [-0.1, -0.05) is 60.7 Å². The van der Waals surface area contributed by atoms with Crippen molar-refractivity contribution in [3.63, 3.8) is 0 Å². The van der Waals surface area contributed by atoms with E-state index >= 15 is 0 Å².